The number of hydrogen-bond donors (Lipinski definition) is 2. The lowest BCUT2D eigenvalue weighted by Crippen LogP contribution is -2.45. The summed E-state index contributed by atoms with van der Waals surface area (Å²) in [6.45, 7) is 3.06. The van der Waals surface area contributed by atoms with E-state index in [2.05, 4.69) is 10.2 Å². The second kappa shape index (κ2) is 7.78. The molecule has 4 nitrogen and oxygen atoms in total. The highest BCUT2D eigenvalue weighted by Crippen LogP contribution is 2.22. The zero-order chi connectivity index (χ0) is 15.2. The molecule has 0 radical (unpaired) electrons. The molecule has 21 heavy (non-hydrogen) atoms. The van der Waals surface area contributed by atoms with E-state index in [1.165, 1.54) is 6.42 Å². The van der Waals surface area contributed by atoms with Gasteiger partial charge >= 0.3 is 0 Å². The second-order valence-electron chi connectivity index (χ2n) is 5.73. The molecule has 0 saturated carbocycles. The van der Waals surface area contributed by atoms with Gasteiger partial charge in [0.05, 0.1) is 23.4 Å². The van der Waals surface area contributed by atoms with Gasteiger partial charge in [0.25, 0.3) is 0 Å². The molecule has 1 aliphatic rings. The average molecular weight is 311 g/mol. The van der Waals surface area contributed by atoms with E-state index in [1.54, 1.807) is 19.1 Å². The molecule has 0 aromatic heterocycles. The number of amides is 1. The number of halogens is 1. The van der Waals surface area contributed by atoms with Crippen LogP contribution in [0.25, 0.3) is 0 Å². The van der Waals surface area contributed by atoms with Gasteiger partial charge in [0.15, 0.2) is 0 Å². The van der Waals surface area contributed by atoms with Crippen LogP contribution < -0.4 is 5.32 Å². The first-order chi connectivity index (χ1) is 10.1. The van der Waals surface area contributed by atoms with E-state index in [4.69, 9.17) is 11.6 Å². The number of piperidine rings is 1. The van der Waals surface area contributed by atoms with E-state index in [1.807, 2.05) is 12.1 Å². The van der Waals surface area contributed by atoms with Gasteiger partial charge in [-0.2, -0.15) is 0 Å². The van der Waals surface area contributed by atoms with Crippen LogP contribution in [0.5, 0.6) is 0 Å². The van der Waals surface area contributed by atoms with Crippen molar-refractivity contribution in [2.24, 2.45) is 0 Å². The molecule has 116 valence electrons. The van der Waals surface area contributed by atoms with Crippen molar-refractivity contribution in [3.63, 3.8) is 0 Å². The molecule has 2 N–H and O–H groups in total. The first kappa shape index (κ1) is 16.3. The van der Waals surface area contributed by atoms with Gasteiger partial charge in [-0.3, -0.25) is 9.69 Å². The van der Waals surface area contributed by atoms with Crippen LogP contribution in [-0.2, 0) is 4.79 Å². The van der Waals surface area contributed by atoms with E-state index < -0.39 is 0 Å². The third-order valence-electron chi connectivity index (χ3n) is 3.86. The Morgan fingerprint density at radius 1 is 1.48 bits per heavy atom. The average Bonchev–Trinajstić information content (AvgIpc) is 2.43. The van der Waals surface area contributed by atoms with Gasteiger partial charge in [0, 0.05) is 6.04 Å². The third-order valence-corrected chi connectivity index (χ3v) is 4.19. The monoisotopic (exact) mass is 310 g/mol. The molecule has 0 spiro atoms. The number of carbonyl (C=O) groups is 1. The smallest absolute Gasteiger partial charge is 0.238 e. The number of nitrogens with zero attached hydrogens (tertiary/aromatic N) is 1. The Kier molecular flexibility index (Phi) is 6.03. The lowest BCUT2D eigenvalue weighted by atomic mass is 9.97. The fourth-order valence-electron chi connectivity index (χ4n) is 2.87. The fourth-order valence-corrected chi connectivity index (χ4v) is 3.05. The SMILES string of the molecule is CC(O)CC1CCCCN1CC(=O)Nc1ccccc1Cl. The number of anilines is 1. The minimum Gasteiger partial charge on any atom is -0.393 e. The lowest BCUT2D eigenvalue weighted by molar-refractivity contribution is -0.118. The molecule has 1 fully saturated rings. The zero-order valence-corrected chi connectivity index (χ0v) is 13.1. The highest BCUT2D eigenvalue weighted by atomic mass is 35.5. The van der Waals surface area contributed by atoms with Gasteiger partial charge < -0.3 is 10.4 Å². The van der Waals surface area contributed by atoms with Crippen molar-refractivity contribution in [2.45, 2.75) is 44.8 Å². The molecule has 1 saturated heterocycles. The van der Waals surface area contributed by atoms with E-state index in [0.29, 0.717) is 17.3 Å². The maximum absolute atomic E-state index is 12.2. The Hall–Kier alpha value is -1.10. The number of rotatable bonds is 5. The van der Waals surface area contributed by atoms with Crippen LogP contribution >= 0.6 is 11.6 Å². The highest BCUT2D eigenvalue weighted by Gasteiger charge is 2.25. The lowest BCUT2D eigenvalue weighted by Gasteiger charge is -2.35. The number of hydrogen-bond acceptors (Lipinski definition) is 3. The first-order valence-corrected chi connectivity index (χ1v) is 7.90. The minimum atomic E-state index is -0.331. The molecule has 5 heteroatoms. The van der Waals surface area contributed by atoms with Crippen molar-refractivity contribution >= 4 is 23.2 Å². The van der Waals surface area contributed by atoms with E-state index in [0.717, 1.165) is 25.8 Å². The summed E-state index contributed by atoms with van der Waals surface area (Å²) in [5.74, 6) is -0.0550. The molecule has 0 bridgehead atoms. The van der Waals surface area contributed by atoms with Crippen molar-refractivity contribution in [3.8, 4) is 0 Å². The van der Waals surface area contributed by atoms with Crippen LogP contribution in [0, 0.1) is 0 Å². The zero-order valence-electron chi connectivity index (χ0n) is 12.4. The van der Waals surface area contributed by atoms with Gasteiger partial charge in [-0.05, 0) is 44.9 Å². The molecular formula is C16H23ClN2O2. The predicted octanol–water partition coefficient (Wildman–Crippen LogP) is 2.90. The highest BCUT2D eigenvalue weighted by molar-refractivity contribution is 6.33. The Bertz CT molecular complexity index is 479. The Morgan fingerprint density at radius 2 is 2.24 bits per heavy atom. The summed E-state index contributed by atoms with van der Waals surface area (Å²) in [4.78, 5) is 14.4. The summed E-state index contributed by atoms with van der Waals surface area (Å²) in [6.07, 6.45) is 3.71. The fraction of sp³-hybridized carbons (Fsp3) is 0.562. The van der Waals surface area contributed by atoms with Gasteiger partial charge in [-0.1, -0.05) is 30.2 Å². The van der Waals surface area contributed by atoms with Crippen LogP contribution in [0.2, 0.25) is 5.02 Å². The summed E-state index contributed by atoms with van der Waals surface area (Å²) in [5.41, 5.74) is 0.647. The number of carbonyl (C=O) groups excluding carboxylic acids is 1. The van der Waals surface area contributed by atoms with Crippen LogP contribution in [0.1, 0.15) is 32.6 Å². The van der Waals surface area contributed by atoms with E-state index >= 15 is 0 Å². The standard InChI is InChI=1S/C16H23ClN2O2/c1-12(20)10-13-6-4-5-9-19(13)11-16(21)18-15-8-3-2-7-14(15)17/h2-3,7-8,12-13,20H,4-6,9-11H2,1H3,(H,18,21). The quantitative estimate of drug-likeness (QED) is 0.879. The van der Waals surface area contributed by atoms with E-state index in [-0.39, 0.29) is 18.1 Å². The topological polar surface area (TPSA) is 52.6 Å². The number of para-hydroxylation sites is 1. The van der Waals surface area contributed by atoms with Crippen molar-refractivity contribution in [1.82, 2.24) is 4.90 Å². The van der Waals surface area contributed by atoms with Crippen LogP contribution in [0.15, 0.2) is 24.3 Å². The van der Waals surface area contributed by atoms with Gasteiger partial charge in [-0.15, -0.1) is 0 Å². The molecule has 2 rings (SSSR count). The molecular weight excluding hydrogens is 288 g/mol. The van der Waals surface area contributed by atoms with Crippen molar-refractivity contribution in [1.29, 1.82) is 0 Å². The number of aliphatic hydroxyl groups is 1. The summed E-state index contributed by atoms with van der Waals surface area (Å²) < 4.78 is 0. The largest absolute Gasteiger partial charge is 0.393 e. The Morgan fingerprint density at radius 3 is 2.95 bits per heavy atom. The molecule has 0 aliphatic carbocycles. The van der Waals surface area contributed by atoms with Crippen LogP contribution in [0.4, 0.5) is 5.69 Å². The molecule has 1 heterocycles. The first-order valence-electron chi connectivity index (χ1n) is 7.52. The summed E-state index contributed by atoms with van der Waals surface area (Å²) in [6, 6.07) is 7.52. The van der Waals surface area contributed by atoms with Crippen molar-refractivity contribution < 1.29 is 9.90 Å². The number of aliphatic hydroxyl groups excluding tert-OH is 1. The number of nitrogens with one attached hydrogen (secondary N) is 1. The Labute approximate surface area is 131 Å². The van der Waals surface area contributed by atoms with E-state index in [9.17, 15) is 9.90 Å². The van der Waals surface area contributed by atoms with Crippen molar-refractivity contribution in [2.75, 3.05) is 18.4 Å². The molecule has 2 unspecified atom stereocenters. The number of likely N-dealkylation sites (tertiary alicyclic amines) is 1. The molecule has 1 aromatic rings. The Balaban J connectivity index is 1.92. The van der Waals surface area contributed by atoms with Crippen molar-refractivity contribution in [3.05, 3.63) is 29.3 Å². The van der Waals surface area contributed by atoms with Gasteiger partial charge in [0.2, 0.25) is 5.91 Å². The van der Waals surface area contributed by atoms with Crippen LogP contribution in [0.3, 0.4) is 0 Å². The molecule has 1 aromatic carbocycles. The maximum Gasteiger partial charge on any atom is 0.238 e. The van der Waals surface area contributed by atoms with Gasteiger partial charge in [0.1, 0.15) is 0 Å². The van der Waals surface area contributed by atoms with Crippen LogP contribution in [-0.4, -0.2) is 41.1 Å². The molecule has 1 aliphatic heterocycles. The molecule has 1 amide bonds. The summed E-state index contributed by atoms with van der Waals surface area (Å²) in [5, 5.41) is 13.0. The predicted molar refractivity (Wildman–Crippen MR) is 85.6 cm³/mol. The second-order valence-corrected chi connectivity index (χ2v) is 6.14. The number of benzene rings is 1. The normalized spacial score (nSPS) is 21.0. The minimum absolute atomic E-state index is 0.0550. The summed E-state index contributed by atoms with van der Waals surface area (Å²) >= 11 is 6.05. The summed E-state index contributed by atoms with van der Waals surface area (Å²) in [7, 11) is 0. The van der Waals surface area contributed by atoms with Gasteiger partial charge in [-0.25, -0.2) is 0 Å². The maximum atomic E-state index is 12.2. The third kappa shape index (κ3) is 4.99. The molecule has 2 atom stereocenters.